The maximum absolute atomic E-state index is 12.2. The van der Waals surface area contributed by atoms with Gasteiger partial charge < -0.3 is 9.88 Å². The van der Waals surface area contributed by atoms with E-state index in [-0.39, 0.29) is 5.91 Å². The number of aryl methyl sites for hydroxylation is 2. The molecule has 116 valence electrons. The molecule has 2 aromatic carbocycles. The molecule has 0 spiro atoms. The van der Waals surface area contributed by atoms with Crippen molar-refractivity contribution < 1.29 is 4.79 Å². The number of hydrogen-bond acceptors (Lipinski definition) is 3. The summed E-state index contributed by atoms with van der Waals surface area (Å²) in [6, 6.07) is 15.3. The molecule has 1 aromatic heterocycles. The van der Waals surface area contributed by atoms with E-state index < -0.39 is 0 Å². The number of rotatable bonds is 4. The summed E-state index contributed by atoms with van der Waals surface area (Å²) in [5.74, 6) is -0.0989. The third-order valence-corrected chi connectivity index (χ3v) is 4.46. The number of imidazole rings is 1. The lowest BCUT2D eigenvalue weighted by Gasteiger charge is -2.07. The normalized spacial score (nSPS) is 10.5. The Morgan fingerprint density at radius 3 is 2.61 bits per heavy atom. The molecule has 0 saturated carbocycles. The van der Waals surface area contributed by atoms with Gasteiger partial charge in [-0.05, 0) is 43.3 Å². The van der Waals surface area contributed by atoms with E-state index in [4.69, 9.17) is 0 Å². The minimum atomic E-state index is -0.0989. The van der Waals surface area contributed by atoms with Gasteiger partial charge in [0.2, 0.25) is 0 Å². The fourth-order valence-electron chi connectivity index (χ4n) is 2.15. The second kappa shape index (κ2) is 6.71. The summed E-state index contributed by atoms with van der Waals surface area (Å²) >= 11 is 1.59. The van der Waals surface area contributed by atoms with Crippen LogP contribution >= 0.6 is 11.8 Å². The predicted octanol–water partition coefficient (Wildman–Crippen LogP) is 4.13. The zero-order chi connectivity index (χ0) is 16.2. The van der Waals surface area contributed by atoms with E-state index in [1.807, 2.05) is 73.3 Å². The van der Waals surface area contributed by atoms with Crippen molar-refractivity contribution in [2.75, 3.05) is 5.32 Å². The van der Waals surface area contributed by atoms with Gasteiger partial charge in [-0.3, -0.25) is 4.79 Å². The standard InChI is InChI=1S/C18H17N3OS/c1-13-4-3-5-14(12-13)17(22)20-15-6-8-16(9-7-15)23-18-19-10-11-21(18)2/h3-12H,1-2H3,(H,20,22). The first-order chi connectivity index (χ1) is 11.1. The number of nitrogens with zero attached hydrogens (tertiary/aromatic N) is 2. The number of anilines is 1. The number of benzene rings is 2. The average Bonchev–Trinajstić information content (AvgIpc) is 2.94. The van der Waals surface area contributed by atoms with Crippen LogP contribution in [0.15, 0.2) is 71.0 Å². The van der Waals surface area contributed by atoms with Gasteiger partial charge in [0.1, 0.15) is 0 Å². The Hall–Kier alpha value is -2.53. The quantitative estimate of drug-likeness (QED) is 0.785. The summed E-state index contributed by atoms with van der Waals surface area (Å²) in [6.07, 6.45) is 3.69. The van der Waals surface area contributed by atoms with Crippen LogP contribution in [0.1, 0.15) is 15.9 Å². The van der Waals surface area contributed by atoms with Gasteiger partial charge in [0, 0.05) is 35.6 Å². The molecule has 1 amide bonds. The fourth-order valence-corrected chi connectivity index (χ4v) is 2.95. The van der Waals surface area contributed by atoms with Crippen LogP contribution in [0.3, 0.4) is 0 Å². The number of hydrogen-bond donors (Lipinski definition) is 1. The maximum Gasteiger partial charge on any atom is 0.255 e. The first-order valence-corrected chi connectivity index (χ1v) is 8.07. The smallest absolute Gasteiger partial charge is 0.255 e. The van der Waals surface area contributed by atoms with Gasteiger partial charge >= 0.3 is 0 Å². The van der Waals surface area contributed by atoms with Gasteiger partial charge in [0.15, 0.2) is 5.16 Å². The Kier molecular flexibility index (Phi) is 4.48. The number of carbonyl (C=O) groups excluding carboxylic acids is 1. The van der Waals surface area contributed by atoms with E-state index in [2.05, 4.69) is 10.3 Å². The highest BCUT2D eigenvalue weighted by molar-refractivity contribution is 7.99. The van der Waals surface area contributed by atoms with E-state index >= 15 is 0 Å². The van der Waals surface area contributed by atoms with Crippen molar-refractivity contribution >= 4 is 23.4 Å². The van der Waals surface area contributed by atoms with Crippen molar-refractivity contribution in [2.45, 2.75) is 17.0 Å². The first kappa shape index (κ1) is 15.4. The Labute approximate surface area is 139 Å². The van der Waals surface area contributed by atoms with Gasteiger partial charge in [-0.1, -0.05) is 29.5 Å². The number of carbonyl (C=O) groups is 1. The lowest BCUT2D eigenvalue weighted by atomic mass is 10.1. The average molecular weight is 323 g/mol. The summed E-state index contributed by atoms with van der Waals surface area (Å²) < 4.78 is 1.97. The molecule has 0 aliphatic carbocycles. The van der Waals surface area contributed by atoms with Crippen molar-refractivity contribution in [1.82, 2.24) is 9.55 Å². The minimum Gasteiger partial charge on any atom is -0.329 e. The van der Waals surface area contributed by atoms with Gasteiger partial charge in [0.25, 0.3) is 5.91 Å². The van der Waals surface area contributed by atoms with Crippen LogP contribution in [0, 0.1) is 6.92 Å². The van der Waals surface area contributed by atoms with Crippen LogP contribution < -0.4 is 5.32 Å². The third kappa shape index (κ3) is 3.81. The van der Waals surface area contributed by atoms with Gasteiger partial charge in [-0.2, -0.15) is 0 Å². The third-order valence-electron chi connectivity index (χ3n) is 3.38. The van der Waals surface area contributed by atoms with E-state index in [0.29, 0.717) is 5.56 Å². The summed E-state index contributed by atoms with van der Waals surface area (Å²) in [4.78, 5) is 17.6. The van der Waals surface area contributed by atoms with Crippen molar-refractivity contribution in [3.05, 3.63) is 72.1 Å². The maximum atomic E-state index is 12.2. The van der Waals surface area contributed by atoms with Gasteiger partial charge in [0.05, 0.1) is 0 Å². The summed E-state index contributed by atoms with van der Waals surface area (Å²) in [6.45, 7) is 1.97. The minimum absolute atomic E-state index is 0.0989. The molecule has 0 aliphatic heterocycles. The number of nitrogens with one attached hydrogen (secondary N) is 1. The van der Waals surface area contributed by atoms with E-state index in [9.17, 15) is 4.79 Å². The highest BCUT2D eigenvalue weighted by Crippen LogP contribution is 2.26. The van der Waals surface area contributed by atoms with Crippen molar-refractivity contribution in [3.8, 4) is 0 Å². The summed E-state index contributed by atoms with van der Waals surface area (Å²) in [5, 5.41) is 3.85. The molecule has 23 heavy (non-hydrogen) atoms. The Bertz CT molecular complexity index is 824. The molecule has 1 N–H and O–H groups in total. The molecule has 0 bridgehead atoms. The van der Waals surface area contributed by atoms with Crippen LogP contribution in [-0.2, 0) is 7.05 Å². The molecule has 3 aromatic rings. The van der Waals surface area contributed by atoms with Crippen molar-refractivity contribution in [3.63, 3.8) is 0 Å². The SMILES string of the molecule is Cc1cccc(C(=O)Nc2ccc(Sc3nccn3C)cc2)c1. The largest absolute Gasteiger partial charge is 0.329 e. The molecule has 0 radical (unpaired) electrons. The Morgan fingerprint density at radius 1 is 1.17 bits per heavy atom. The van der Waals surface area contributed by atoms with Crippen LogP contribution in [0.5, 0.6) is 0 Å². The molecule has 4 nitrogen and oxygen atoms in total. The molecule has 1 heterocycles. The molecule has 0 fully saturated rings. The summed E-state index contributed by atoms with van der Waals surface area (Å²) in [5.41, 5.74) is 2.51. The molecule has 0 unspecified atom stereocenters. The first-order valence-electron chi connectivity index (χ1n) is 7.25. The lowest BCUT2D eigenvalue weighted by molar-refractivity contribution is 0.102. The molecule has 5 heteroatoms. The van der Waals surface area contributed by atoms with Crippen molar-refractivity contribution in [2.24, 2.45) is 7.05 Å². The second-order valence-electron chi connectivity index (χ2n) is 5.27. The molecule has 3 rings (SSSR count). The van der Waals surface area contributed by atoms with Gasteiger partial charge in [-0.15, -0.1) is 0 Å². The lowest BCUT2D eigenvalue weighted by Crippen LogP contribution is -2.11. The molecule has 0 atom stereocenters. The van der Waals surface area contributed by atoms with Crippen molar-refractivity contribution in [1.29, 1.82) is 0 Å². The highest BCUT2D eigenvalue weighted by atomic mass is 32.2. The Balaban J connectivity index is 1.68. The van der Waals surface area contributed by atoms with Crippen LogP contribution in [-0.4, -0.2) is 15.5 Å². The Morgan fingerprint density at radius 2 is 1.96 bits per heavy atom. The number of aromatic nitrogens is 2. The molecule has 0 aliphatic rings. The van der Waals surface area contributed by atoms with Crippen LogP contribution in [0.2, 0.25) is 0 Å². The highest BCUT2D eigenvalue weighted by Gasteiger charge is 2.07. The van der Waals surface area contributed by atoms with E-state index in [1.165, 1.54) is 0 Å². The zero-order valence-corrected chi connectivity index (χ0v) is 13.8. The van der Waals surface area contributed by atoms with Crippen LogP contribution in [0.4, 0.5) is 5.69 Å². The predicted molar refractivity (Wildman–Crippen MR) is 92.9 cm³/mol. The summed E-state index contributed by atoms with van der Waals surface area (Å²) in [7, 11) is 1.96. The molecular formula is C18H17N3OS. The van der Waals surface area contributed by atoms with Gasteiger partial charge in [-0.25, -0.2) is 4.98 Å². The second-order valence-corrected chi connectivity index (χ2v) is 6.31. The molecular weight excluding hydrogens is 306 g/mol. The number of amides is 1. The topological polar surface area (TPSA) is 46.9 Å². The van der Waals surface area contributed by atoms with E-state index in [0.717, 1.165) is 21.3 Å². The molecule has 0 saturated heterocycles. The van der Waals surface area contributed by atoms with Crippen LogP contribution in [0.25, 0.3) is 0 Å². The zero-order valence-electron chi connectivity index (χ0n) is 13.0. The fraction of sp³-hybridized carbons (Fsp3) is 0.111. The van der Waals surface area contributed by atoms with E-state index in [1.54, 1.807) is 18.0 Å². The monoisotopic (exact) mass is 323 g/mol.